The van der Waals surface area contributed by atoms with E-state index in [1.54, 1.807) is 24.5 Å². The maximum absolute atomic E-state index is 12.7. The topological polar surface area (TPSA) is 153 Å². The molecule has 10 nitrogen and oxygen atoms in total. The van der Waals surface area contributed by atoms with E-state index in [9.17, 15) is 14.4 Å². The van der Waals surface area contributed by atoms with Crippen LogP contribution in [-0.2, 0) is 4.79 Å². The number of carbonyl (C=O) groups excluding carboxylic acids is 3. The molecule has 1 aliphatic rings. The van der Waals surface area contributed by atoms with Crippen LogP contribution in [0, 0.1) is 12.8 Å². The molecule has 3 aromatic heterocycles. The Kier molecular flexibility index (Phi) is 6.38. The van der Waals surface area contributed by atoms with Gasteiger partial charge in [0.2, 0.25) is 11.8 Å². The number of benzene rings is 1. The van der Waals surface area contributed by atoms with Crippen LogP contribution in [0.25, 0.3) is 22.4 Å². The Morgan fingerprint density at radius 1 is 0.919 bits per heavy atom. The number of aromatic nitrogens is 4. The van der Waals surface area contributed by atoms with Crippen LogP contribution < -0.4 is 16.4 Å². The molecule has 37 heavy (non-hydrogen) atoms. The number of rotatable bonds is 7. The van der Waals surface area contributed by atoms with Crippen LogP contribution >= 0.6 is 0 Å². The van der Waals surface area contributed by atoms with Gasteiger partial charge in [0.15, 0.2) is 5.69 Å². The van der Waals surface area contributed by atoms with Gasteiger partial charge < -0.3 is 16.4 Å². The molecule has 0 radical (unpaired) electrons. The van der Waals surface area contributed by atoms with Gasteiger partial charge in [-0.25, -0.2) is 4.98 Å². The molecule has 0 spiro atoms. The predicted octanol–water partition coefficient (Wildman–Crippen LogP) is 3.61. The molecule has 3 amide bonds. The average molecular weight is 494 g/mol. The van der Waals surface area contributed by atoms with Crippen molar-refractivity contribution in [3.8, 4) is 22.4 Å². The Hall–Kier alpha value is -4.99. The van der Waals surface area contributed by atoms with Crippen molar-refractivity contribution in [1.29, 1.82) is 0 Å². The van der Waals surface area contributed by atoms with E-state index >= 15 is 0 Å². The Morgan fingerprint density at radius 3 is 2.49 bits per heavy atom. The summed E-state index contributed by atoms with van der Waals surface area (Å²) in [7, 11) is 0. The van der Waals surface area contributed by atoms with Gasteiger partial charge in [-0.3, -0.25) is 19.4 Å². The fourth-order valence-corrected chi connectivity index (χ4v) is 3.81. The van der Waals surface area contributed by atoms with Crippen molar-refractivity contribution in [2.24, 2.45) is 11.7 Å². The predicted molar refractivity (Wildman–Crippen MR) is 137 cm³/mol. The molecule has 0 aliphatic heterocycles. The van der Waals surface area contributed by atoms with E-state index in [1.807, 2.05) is 37.3 Å². The Bertz CT molecular complexity index is 1530. The zero-order valence-corrected chi connectivity index (χ0v) is 19.9. The number of nitrogens with two attached hydrogens (primary N) is 1. The molecule has 1 saturated carbocycles. The van der Waals surface area contributed by atoms with Crippen molar-refractivity contribution < 1.29 is 14.4 Å². The number of carbonyl (C=O) groups is 3. The molecule has 4 aromatic rings. The summed E-state index contributed by atoms with van der Waals surface area (Å²) in [5.74, 6) is -0.638. The highest BCUT2D eigenvalue weighted by atomic mass is 16.2. The molecule has 0 unspecified atom stereocenters. The lowest BCUT2D eigenvalue weighted by Gasteiger charge is -2.12. The number of pyridine rings is 2. The number of primary amides is 1. The van der Waals surface area contributed by atoms with E-state index in [-0.39, 0.29) is 23.1 Å². The summed E-state index contributed by atoms with van der Waals surface area (Å²) in [5, 5.41) is 13.1. The summed E-state index contributed by atoms with van der Waals surface area (Å²) in [6.45, 7) is 1.97. The first-order valence-electron chi connectivity index (χ1n) is 11.7. The fraction of sp³-hybridized carbons (Fsp3) is 0.148. The van der Waals surface area contributed by atoms with Crippen LogP contribution in [0.15, 0.2) is 67.1 Å². The maximum atomic E-state index is 12.7. The zero-order chi connectivity index (χ0) is 25.9. The smallest absolute Gasteiger partial charge is 0.276 e. The first-order valence-corrected chi connectivity index (χ1v) is 11.7. The third-order valence-corrected chi connectivity index (χ3v) is 5.99. The molecular formula is C27H23N7O3. The minimum atomic E-state index is -0.693. The SMILES string of the molecule is Cc1ccc(NC(=O)c2cc(C(N)=O)cnn2)cc1-c1ccnc(-c2ccnc(NC(=O)C3CC3)c2)c1. The zero-order valence-electron chi connectivity index (χ0n) is 19.9. The second-order valence-electron chi connectivity index (χ2n) is 8.80. The lowest BCUT2D eigenvalue weighted by atomic mass is 9.99. The highest BCUT2D eigenvalue weighted by molar-refractivity contribution is 6.04. The summed E-state index contributed by atoms with van der Waals surface area (Å²) >= 11 is 0. The first kappa shape index (κ1) is 23.7. The standard InChI is InChI=1S/C27H23N7O3/c1-15-2-5-20(32-27(37)23-11-19(25(28)35)14-31-34-23)13-21(15)17-6-8-29-22(10-17)18-7-9-30-24(12-18)33-26(36)16-3-4-16/h2,5-14,16H,3-4H2,1H3,(H2,28,35)(H,32,37)(H,30,33,36). The Labute approximate surface area is 212 Å². The van der Waals surface area contributed by atoms with Crippen molar-refractivity contribution >= 4 is 29.2 Å². The number of aryl methyl sites for hydroxylation is 1. The number of amides is 3. The molecule has 0 bridgehead atoms. The molecule has 1 aliphatic carbocycles. The quantitative estimate of drug-likeness (QED) is 0.355. The molecule has 4 N–H and O–H groups in total. The van der Waals surface area contributed by atoms with E-state index in [4.69, 9.17) is 5.73 Å². The second kappa shape index (κ2) is 9.94. The average Bonchev–Trinajstić information content (AvgIpc) is 3.76. The number of nitrogens with zero attached hydrogens (tertiary/aromatic N) is 4. The van der Waals surface area contributed by atoms with Gasteiger partial charge in [0.25, 0.3) is 5.91 Å². The van der Waals surface area contributed by atoms with Crippen molar-refractivity contribution in [2.45, 2.75) is 19.8 Å². The van der Waals surface area contributed by atoms with Gasteiger partial charge in [-0.1, -0.05) is 6.07 Å². The summed E-state index contributed by atoms with van der Waals surface area (Å²) in [6.07, 6.45) is 6.39. The number of hydrogen-bond acceptors (Lipinski definition) is 7. The first-order chi connectivity index (χ1) is 17.9. The third kappa shape index (κ3) is 5.48. The van der Waals surface area contributed by atoms with Crippen molar-refractivity contribution in [3.05, 3.63) is 83.9 Å². The van der Waals surface area contributed by atoms with Crippen LogP contribution in [0.3, 0.4) is 0 Å². The van der Waals surface area contributed by atoms with Crippen LogP contribution in [0.4, 0.5) is 11.5 Å². The highest BCUT2D eigenvalue weighted by Crippen LogP contribution is 2.32. The molecule has 10 heteroatoms. The van der Waals surface area contributed by atoms with E-state index in [0.717, 1.165) is 35.1 Å². The van der Waals surface area contributed by atoms with Gasteiger partial charge in [0, 0.05) is 29.6 Å². The van der Waals surface area contributed by atoms with Crippen LogP contribution in [0.5, 0.6) is 0 Å². The lowest BCUT2D eigenvalue weighted by molar-refractivity contribution is -0.117. The van der Waals surface area contributed by atoms with E-state index in [2.05, 4.69) is 30.8 Å². The second-order valence-corrected chi connectivity index (χ2v) is 8.80. The van der Waals surface area contributed by atoms with E-state index < -0.39 is 11.8 Å². The molecule has 5 rings (SSSR count). The minimum absolute atomic E-state index is 0.00631. The molecule has 0 saturated heterocycles. The summed E-state index contributed by atoms with van der Waals surface area (Å²) in [5.41, 5.74) is 10.2. The normalized spacial score (nSPS) is 12.6. The van der Waals surface area contributed by atoms with Gasteiger partial charge in [0.05, 0.1) is 17.5 Å². The molecular weight excluding hydrogens is 470 g/mol. The Morgan fingerprint density at radius 2 is 1.70 bits per heavy atom. The largest absolute Gasteiger partial charge is 0.366 e. The maximum Gasteiger partial charge on any atom is 0.276 e. The monoisotopic (exact) mass is 493 g/mol. The third-order valence-electron chi connectivity index (χ3n) is 5.99. The molecule has 184 valence electrons. The molecule has 0 atom stereocenters. The van der Waals surface area contributed by atoms with Crippen LogP contribution in [0.1, 0.15) is 39.3 Å². The van der Waals surface area contributed by atoms with Crippen molar-refractivity contribution in [2.75, 3.05) is 10.6 Å². The minimum Gasteiger partial charge on any atom is -0.366 e. The molecule has 3 heterocycles. The van der Waals surface area contributed by atoms with Crippen molar-refractivity contribution in [1.82, 2.24) is 20.2 Å². The van der Waals surface area contributed by atoms with Gasteiger partial charge >= 0.3 is 0 Å². The van der Waals surface area contributed by atoms with Gasteiger partial charge in [-0.2, -0.15) is 5.10 Å². The highest BCUT2D eigenvalue weighted by Gasteiger charge is 2.29. The van der Waals surface area contributed by atoms with E-state index in [1.165, 1.54) is 12.3 Å². The number of nitrogens with one attached hydrogen (secondary N) is 2. The van der Waals surface area contributed by atoms with Gasteiger partial charge in [-0.05, 0) is 78.9 Å². The summed E-state index contributed by atoms with van der Waals surface area (Å²) in [4.78, 5) is 45.0. The Balaban J connectivity index is 1.39. The van der Waals surface area contributed by atoms with Crippen LogP contribution in [0.2, 0.25) is 0 Å². The fourth-order valence-electron chi connectivity index (χ4n) is 3.81. The lowest BCUT2D eigenvalue weighted by Crippen LogP contribution is -2.18. The number of hydrogen-bond donors (Lipinski definition) is 3. The van der Waals surface area contributed by atoms with Crippen molar-refractivity contribution in [3.63, 3.8) is 0 Å². The molecule has 1 aromatic carbocycles. The summed E-state index contributed by atoms with van der Waals surface area (Å²) < 4.78 is 0. The number of anilines is 2. The van der Waals surface area contributed by atoms with Gasteiger partial charge in [-0.15, -0.1) is 5.10 Å². The molecule has 1 fully saturated rings. The van der Waals surface area contributed by atoms with Crippen LogP contribution in [-0.4, -0.2) is 37.9 Å². The van der Waals surface area contributed by atoms with Gasteiger partial charge in [0.1, 0.15) is 5.82 Å². The van der Waals surface area contributed by atoms with E-state index in [0.29, 0.717) is 17.2 Å². The summed E-state index contributed by atoms with van der Waals surface area (Å²) in [6, 6.07) is 14.3.